The molecule has 1 atom stereocenters. The summed E-state index contributed by atoms with van der Waals surface area (Å²) in [6.45, 7) is 2.20. The Morgan fingerprint density at radius 3 is 2.37 bits per heavy atom. The standard InChI is InChI=1S/C16H24O3/c1-4-5-6-7-15(18-2)14-10-8-13(9-11-14)12-16(17)19-3/h8-11,15H,4-7,12H2,1-3H3. The molecule has 0 saturated carbocycles. The van der Waals surface area contributed by atoms with Crippen molar-refractivity contribution in [3.05, 3.63) is 35.4 Å². The van der Waals surface area contributed by atoms with E-state index in [0.29, 0.717) is 6.42 Å². The molecule has 3 heteroatoms. The summed E-state index contributed by atoms with van der Waals surface area (Å²) in [5.41, 5.74) is 2.14. The van der Waals surface area contributed by atoms with Gasteiger partial charge in [0.2, 0.25) is 0 Å². The van der Waals surface area contributed by atoms with Crippen molar-refractivity contribution >= 4 is 5.97 Å². The zero-order valence-corrected chi connectivity index (χ0v) is 12.1. The third-order valence-corrected chi connectivity index (χ3v) is 3.28. The van der Waals surface area contributed by atoms with Crippen LogP contribution in [0.15, 0.2) is 24.3 Å². The van der Waals surface area contributed by atoms with Crippen LogP contribution >= 0.6 is 0 Å². The van der Waals surface area contributed by atoms with Gasteiger partial charge in [-0.2, -0.15) is 0 Å². The van der Waals surface area contributed by atoms with E-state index in [9.17, 15) is 4.79 Å². The lowest BCUT2D eigenvalue weighted by Gasteiger charge is -2.16. The van der Waals surface area contributed by atoms with Crippen LogP contribution in [0.3, 0.4) is 0 Å². The van der Waals surface area contributed by atoms with Crippen LogP contribution < -0.4 is 0 Å². The lowest BCUT2D eigenvalue weighted by atomic mass is 10.0. The Morgan fingerprint density at radius 1 is 1.16 bits per heavy atom. The van der Waals surface area contributed by atoms with Gasteiger partial charge in [0, 0.05) is 7.11 Å². The molecule has 0 bridgehead atoms. The first-order chi connectivity index (χ1) is 9.21. The molecule has 0 aromatic heterocycles. The Hall–Kier alpha value is -1.35. The molecule has 3 nitrogen and oxygen atoms in total. The molecule has 0 radical (unpaired) electrons. The first-order valence-corrected chi connectivity index (χ1v) is 6.89. The summed E-state index contributed by atoms with van der Waals surface area (Å²) in [4.78, 5) is 11.2. The van der Waals surface area contributed by atoms with Gasteiger partial charge in [0.15, 0.2) is 0 Å². The van der Waals surface area contributed by atoms with Crippen LogP contribution in [0.1, 0.15) is 49.8 Å². The zero-order valence-electron chi connectivity index (χ0n) is 12.1. The van der Waals surface area contributed by atoms with Crippen molar-refractivity contribution in [2.45, 2.75) is 45.1 Å². The van der Waals surface area contributed by atoms with E-state index < -0.39 is 0 Å². The summed E-state index contributed by atoms with van der Waals surface area (Å²) in [6, 6.07) is 8.02. The predicted octanol–water partition coefficient (Wildman–Crippen LogP) is 3.67. The number of carbonyl (C=O) groups is 1. The maximum Gasteiger partial charge on any atom is 0.309 e. The summed E-state index contributed by atoms with van der Waals surface area (Å²) in [7, 11) is 3.16. The van der Waals surface area contributed by atoms with Crippen LogP contribution in [-0.4, -0.2) is 20.2 Å². The zero-order chi connectivity index (χ0) is 14.1. The molecule has 1 aromatic carbocycles. The second-order valence-corrected chi connectivity index (χ2v) is 4.71. The van der Waals surface area contributed by atoms with Gasteiger partial charge in [0.1, 0.15) is 0 Å². The van der Waals surface area contributed by atoms with E-state index in [2.05, 4.69) is 11.7 Å². The maximum atomic E-state index is 11.2. The predicted molar refractivity (Wildman–Crippen MR) is 76.1 cm³/mol. The lowest BCUT2D eigenvalue weighted by Crippen LogP contribution is -2.05. The average Bonchev–Trinajstić information content (AvgIpc) is 2.45. The van der Waals surface area contributed by atoms with Crippen LogP contribution in [0.5, 0.6) is 0 Å². The largest absolute Gasteiger partial charge is 0.469 e. The Bertz CT molecular complexity index is 370. The first kappa shape index (κ1) is 15.7. The van der Waals surface area contributed by atoms with Crippen LogP contribution in [-0.2, 0) is 20.7 Å². The van der Waals surface area contributed by atoms with Crippen molar-refractivity contribution in [3.63, 3.8) is 0 Å². The van der Waals surface area contributed by atoms with E-state index in [4.69, 9.17) is 4.74 Å². The molecule has 0 aliphatic rings. The van der Waals surface area contributed by atoms with Crippen molar-refractivity contribution in [2.75, 3.05) is 14.2 Å². The molecule has 0 amide bonds. The summed E-state index contributed by atoms with van der Waals surface area (Å²) in [5, 5.41) is 0. The van der Waals surface area contributed by atoms with E-state index in [1.54, 1.807) is 7.11 Å². The summed E-state index contributed by atoms with van der Waals surface area (Å²) >= 11 is 0. The van der Waals surface area contributed by atoms with E-state index in [1.807, 2.05) is 24.3 Å². The van der Waals surface area contributed by atoms with Gasteiger partial charge in [-0.3, -0.25) is 4.79 Å². The van der Waals surface area contributed by atoms with Crippen molar-refractivity contribution in [3.8, 4) is 0 Å². The number of ether oxygens (including phenoxy) is 2. The SMILES string of the molecule is CCCCCC(OC)c1ccc(CC(=O)OC)cc1. The fourth-order valence-corrected chi connectivity index (χ4v) is 2.09. The normalized spacial score (nSPS) is 12.2. The van der Waals surface area contributed by atoms with Crippen LogP contribution in [0, 0.1) is 0 Å². The van der Waals surface area contributed by atoms with Crippen molar-refractivity contribution in [1.29, 1.82) is 0 Å². The van der Waals surface area contributed by atoms with Crippen LogP contribution in [0.4, 0.5) is 0 Å². The van der Waals surface area contributed by atoms with Gasteiger partial charge in [0.05, 0.1) is 19.6 Å². The molecule has 0 heterocycles. The van der Waals surface area contributed by atoms with E-state index in [0.717, 1.165) is 12.0 Å². The van der Waals surface area contributed by atoms with Gasteiger partial charge in [-0.05, 0) is 17.5 Å². The molecule has 1 unspecified atom stereocenters. The number of rotatable bonds is 8. The van der Waals surface area contributed by atoms with Crippen molar-refractivity contribution < 1.29 is 14.3 Å². The third kappa shape index (κ3) is 5.43. The minimum Gasteiger partial charge on any atom is -0.469 e. The Kier molecular flexibility index (Phi) is 7.19. The molecule has 1 rings (SSSR count). The average molecular weight is 264 g/mol. The summed E-state index contributed by atoms with van der Waals surface area (Å²) in [6.07, 6.45) is 5.15. The molecule has 19 heavy (non-hydrogen) atoms. The lowest BCUT2D eigenvalue weighted by molar-refractivity contribution is -0.139. The molecular formula is C16H24O3. The van der Waals surface area contributed by atoms with Gasteiger partial charge in [-0.25, -0.2) is 0 Å². The molecule has 0 saturated heterocycles. The number of carbonyl (C=O) groups excluding carboxylic acids is 1. The Labute approximate surface area is 115 Å². The molecule has 106 valence electrons. The highest BCUT2D eigenvalue weighted by molar-refractivity contribution is 5.72. The molecule has 0 fully saturated rings. The molecule has 0 spiro atoms. The van der Waals surface area contributed by atoms with E-state index in [1.165, 1.54) is 31.9 Å². The maximum absolute atomic E-state index is 11.2. The van der Waals surface area contributed by atoms with E-state index in [-0.39, 0.29) is 12.1 Å². The second-order valence-electron chi connectivity index (χ2n) is 4.71. The number of hydrogen-bond donors (Lipinski definition) is 0. The highest BCUT2D eigenvalue weighted by Crippen LogP contribution is 2.23. The molecule has 1 aromatic rings. The van der Waals surface area contributed by atoms with Crippen molar-refractivity contribution in [2.24, 2.45) is 0 Å². The summed E-state index contributed by atoms with van der Waals surface area (Å²) in [5.74, 6) is -0.209. The number of hydrogen-bond acceptors (Lipinski definition) is 3. The second kappa shape index (κ2) is 8.70. The van der Waals surface area contributed by atoms with Gasteiger partial charge < -0.3 is 9.47 Å². The van der Waals surface area contributed by atoms with Gasteiger partial charge >= 0.3 is 5.97 Å². The highest BCUT2D eigenvalue weighted by Gasteiger charge is 2.10. The minimum atomic E-state index is -0.209. The molecule has 0 aliphatic heterocycles. The van der Waals surface area contributed by atoms with Crippen molar-refractivity contribution in [1.82, 2.24) is 0 Å². The Balaban J connectivity index is 2.59. The van der Waals surface area contributed by atoms with E-state index >= 15 is 0 Å². The molecular weight excluding hydrogens is 240 g/mol. The van der Waals surface area contributed by atoms with Gasteiger partial charge in [-0.1, -0.05) is 50.5 Å². The smallest absolute Gasteiger partial charge is 0.309 e. The molecule has 0 aliphatic carbocycles. The Morgan fingerprint density at radius 2 is 1.84 bits per heavy atom. The third-order valence-electron chi connectivity index (χ3n) is 3.28. The number of methoxy groups -OCH3 is 2. The first-order valence-electron chi connectivity index (χ1n) is 6.89. The quantitative estimate of drug-likeness (QED) is 0.531. The number of esters is 1. The molecule has 0 N–H and O–H groups in total. The number of unbranched alkanes of at least 4 members (excludes halogenated alkanes) is 2. The fourth-order valence-electron chi connectivity index (χ4n) is 2.09. The summed E-state index contributed by atoms with van der Waals surface area (Å²) < 4.78 is 10.2. The number of benzene rings is 1. The van der Waals surface area contributed by atoms with Crippen LogP contribution in [0.2, 0.25) is 0 Å². The minimum absolute atomic E-state index is 0.152. The van der Waals surface area contributed by atoms with Crippen LogP contribution in [0.25, 0.3) is 0 Å². The van der Waals surface area contributed by atoms with Gasteiger partial charge in [-0.15, -0.1) is 0 Å². The topological polar surface area (TPSA) is 35.5 Å². The monoisotopic (exact) mass is 264 g/mol. The fraction of sp³-hybridized carbons (Fsp3) is 0.562. The highest BCUT2D eigenvalue weighted by atomic mass is 16.5. The van der Waals surface area contributed by atoms with Gasteiger partial charge in [0.25, 0.3) is 0 Å².